The quantitative estimate of drug-likeness (QED) is 0.739. The van der Waals surface area contributed by atoms with E-state index < -0.39 is 0 Å². The van der Waals surface area contributed by atoms with Crippen LogP contribution in [0.25, 0.3) is 0 Å². The SMILES string of the molecule is CCC1(CC)CC(NCCCOc2ccccc2)CCO1. The third-order valence-corrected chi connectivity index (χ3v) is 4.55. The van der Waals surface area contributed by atoms with E-state index in [1.807, 2.05) is 30.3 Å². The number of ether oxygens (including phenoxy) is 2. The molecule has 1 atom stereocenters. The smallest absolute Gasteiger partial charge is 0.119 e. The second-order valence-electron chi connectivity index (χ2n) is 5.90. The lowest BCUT2D eigenvalue weighted by Gasteiger charge is -2.40. The predicted molar refractivity (Wildman–Crippen MR) is 86.8 cm³/mol. The Balaban J connectivity index is 1.62. The van der Waals surface area contributed by atoms with Crippen LogP contribution in [0.3, 0.4) is 0 Å². The first-order valence-corrected chi connectivity index (χ1v) is 8.33. The number of hydrogen-bond donors (Lipinski definition) is 1. The van der Waals surface area contributed by atoms with Crippen molar-refractivity contribution < 1.29 is 9.47 Å². The Morgan fingerprint density at radius 3 is 2.71 bits per heavy atom. The summed E-state index contributed by atoms with van der Waals surface area (Å²) < 4.78 is 11.7. The molecule has 1 aliphatic rings. The fourth-order valence-corrected chi connectivity index (χ4v) is 3.03. The minimum atomic E-state index is 0.108. The van der Waals surface area contributed by atoms with E-state index in [-0.39, 0.29) is 5.60 Å². The molecule has 2 rings (SSSR count). The molecule has 1 aromatic rings. The monoisotopic (exact) mass is 291 g/mol. The minimum absolute atomic E-state index is 0.108. The van der Waals surface area contributed by atoms with Gasteiger partial charge in [0, 0.05) is 12.6 Å². The van der Waals surface area contributed by atoms with E-state index in [1.54, 1.807) is 0 Å². The van der Waals surface area contributed by atoms with Gasteiger partial charge in [-0.05, 0) is 50.8 Å². The van der Waals surface area contributed by atoms with Gasteiger partial charge in [-0.25, -0.2) is 0 Å². The van der Waals surface area contributed by atoms with Gasteiger partial charge in [-0.15, -0.1) is 0 Å². The van der Waals surface area contributed by atoms with Crippen molar-refractivity contribution >= 4 is 0 Å². The van der Waals surface area contributed by atoms with Crippen LogP contribution in [-0.2, 0) is 4.74 Å². The van der Waals surface area contributed by atoms with Gasteiger partial charge >= 0.3 is 0 Å². The summed E-state index contributed by atoms with van der Waals surface area (Å²) in [5, 5.41) is 3.67. The molecule has 1 unspecified atom stereocenters. The van der Waals surface area contributed by atoms with Gasteiger partial charge < -0.3 is 14.8 Å². The van der Waals surface area contributed by atoms with Crippen molar-refractivity contribution in [3.63, 3.8) is 0 Å². The maximum Gasteiger partial charge on any atom is 0.119 e. The maximum atomic E-state index is 6.01. The minimum Gasteiger partial charge on any atom is -0.494 e. The van der Waals surface area contributed by atoms with E-state index in [1.165, 1.54) is 0 Å². The molecule has 0 saturated carbocycles. The van der Waals surface area contributed by atoms with E-state index >= 15 is 0 Å². The van der Waals surface area contributed by atoms with E-state index in [2.05, 4.69) is 19.2 Å². The Labute approximate surface area is 129 Å². The standard InChI is InChI=1S/C18H29NO2/c1-3-18(4-2)15-16(11-14-21-18)19-12-8-13-20-17-9-6-5-7-10-17/h5-7,9-10,16,19H,3-4,8,11-15H2,1-2H3. The van der Waals surface area contributed by atoms with Gasteiger partial charge in [0.05, 0.1) is 12.2 Å². The van der Waals surface area contributed by atoms with Crippen molar-refractivity contribution in [2.24, 2.45) is 0 Å². The lowest BCUT2D eigenvalue weighted by atomic mass is 9.86. The molecule has 1 aromatic carbocycles. The van der Waals surface area contributed by atoms with Crippen molar-refractivity contribution in [1.29, 1.82) is 0 Å². The van der Waals surface area contributed by atoms with Crippen molar-refractivity contribution in [2.45, 2.75) is 57.6 Å². The molecule has 21 heavy (non-hydrogen) atoms. The molecule has 1 saturated heterocycles. The summed E-state index contributed by atoms with van der Waals surface area (Å²) in [6.45, 7) is 7.15. The highest BCUT2D eigenvalue weighted by atomic mass is 16.5. The number of rotatable bonds is 8. The van der Waals surface area contributed by atoms with Crippen LogP contribution < -0.4 is 10.1 Å². The van der Waals surface area contributed by atoms with Gasteiger partial charge in [-0.3, -0.25) is 0 Å². The summed E-state index contributed by atoms with van der Waals surface area (Å²) in [5.41, 5.74) is 0.108. The molecular weight excluding hydrogens is 262 g/mol. The van der Waals surface area contributed by atoms with Crippen molar-refractivity contribution in [2.75, 3.05) is 19.8 Å². The van der Waals surface area contributed by atoms with Gasteiger partial charge in [0.2, 0.25) is 0 Å². The molecule has 118 valence electrons. The van der Waals surface area contributed by atoms with Gasteiger partial charge in [0.25, 0.3) is 0 Å². The second kappa shape index (κ2) is 8.40. The highest BCUT2D eigenvalue weighted by Crippen LogP contribution is 2.31. The lowest BCUT2D eigenvalue weighted by molar-refractivity contribution is -0.0930. The number of nitrogens with one attached hydrogen (secondary N) is 1. The maximum absolute atomic E-state index is 6.01. The third kappa shape index (κ3) is 5.01. The summed E-state index contributed by atoms with van der Waals surface area (Å²) >= 11 is 0. The third-order valence-electron chi connectivity index (χ3n) is 4.55. The van der Waals surface area contributed by atoms with Crippen LogP contribution in [0.4, 0.5) is 0 Å². The van der Waals surface area contributed by atoms with Crippen LogP contribution in [-0.4, -0.2) is 31.4 Å². The molecule has 0 spiro atoms. The largest absolute Gasteiger partial charge is 0.494 e. The fraction of sp³-hybridized carbons (Fsp3) is 0.667. The average molecular weight is 291 g/mol. The van der Waals surface area contributed by atoms with Crippen LogP contribution in [0.5, 0.6) is 5.75 Å². The van der Waals surface area contributed by atoms with Gasteiger partial charge in [0.1, 0.15) is 5.75 Å². The lowest BCUT2D eigenvalue weighted by Crippen LogP contribution is -2.46. The Morgan fingerprint density at radius 1 is 1.24 bits per heavy atom. The first-order chi connectivity index (χ1) is 10.3. The zero-order valence-corrected chi connectivity index (χ0v) is 13.4. The van der Waals surface area contributed by atoms with Gasteiger partial charge in [0.15, 0.2) is 0 Å². The van der Waals surface area contributed by atoms with E-state index in [9.17, 15) is 0 Å². The van der Waals surface area contributed by atoms with E-state index in [0.717, 1.165) is 57.6 Å². The van der Waals surface area contributed by atoms with Crippen molar-refractivity contribution in [1.82, 2.24) is 5.32 Å². The highest BCUT2D eigenvalue weighted by molar-refractivity contribution is 5.20. The average Bonchev–Trinajstić information content (AvgIpc) is 2.55. The topological polar surface area (TPSA) is 30.5 Å². The predicted octanol–water partition coefficient (Wildman–Crippen LogP) is 3.78. The Bertz CT molecular complexity index is 389. The molecule has 0 bridgehead atoms. The first-order valence-electron chi connectivity index (χ1n) is 8.33. The van der Waals surface area contributed by atoms with Crippen LogP contribution in [0.2, 0.25) is 0 Å². The van der Waals surface area contributed by atoms with Gasteiger partial charge in [-0.1, -0.05) is 32.0 Å². The van der Waals surface area contributed by atoms with Crippen molar-refractivity contribution in [3.05, 3.63) is 30.3 Å². The number of benzene rings is 1. The normalized spacial score (nSPS) is 21.1. The van der Waals surface area contributed by atoms with Crippen LogP contribution in [0, 0.1) is 0 Å². The summed E-state index contributed by atoms with van der Waals surface area (Å²) in [6.07, 6.45) is 5.52. The summed E-state index contributed by atoms with van der Waals surface area (Å²) in [5.74, 6) is 0.958. The fourth-order valence-electron chi connectivity index (χ4n) is 3.03. The highest BCUT2D eigenvalue weighted by Gasteiger charge is 2.33. The summed E-state index contributed by atoms with van der Waals surface area (Å²) in [4.78, 5) is 0. The van der Waals surface area contributed by atoms with Crippen LogP contribution in [0.1, 0.15) is 46.0 Å². The number of hydrogen-bond acceptors (Lipinski definition) is 3. The van der Waals surface area contributed by atoms with E-state index in [0.29, 0.717) is 6.04 Å². The van der Waals surface area contributed by atoms with Crippen molar-refractivity contribution in [3.8, 4) is 5.75 Å². The molecular formula is C18H29NO2. The molecule has 0 amide bonds. The van der Waals surface area contributed by atoms with Crippen LogP contribution >= 0.6 is 0 Å². The molecule has 1 fully saturated rings. The molecule has 1 N–H and O–H groups in total. The second-order valence-corrected chi connectivity index (χ2v) is 5.90. The molecule has 3 heteroatoms. The molecule has 1 aliphatic heterocycles. The van der Waals surface area contributed by atoms with Gasteiger partial charge in [-0.2, -0.15) is 0 Å². The Morgan fingerprint density at radius 2 is 2.00 bits per heavy atom. The van der Waals surface area contributed by atoms with Crippen LogP contribution in [0.15, 0.2) is 30.3 Å². The summed E-state index contributed by atoms with van der Waals surface area (Å²) in [7, 11) is 0. The Kier molecular flexibility index (Phi) is 6.52. The summed E-state index contributed by atoms with van der Waals surface area (Å²) in [6, 6.07) is 10.6. The zero-order chi connectivity index (χ0) is 15.0. The van der Waals surface area contributed by atoms with E-state index in [4.69, 9.17) is 9.47 Å². The molecule has 0 aromatic heterocycles. The molecule has 0 radical (unpaired) electrons. The first kappa shape index (κ1) is 16.3. The Hall–Kier alpha value is -1.06. The molecule has 0 aliphatic carbocycles. The molecule has 3 nitrogen and oxygen atoms in total. The zero-order valence-electron chi connectivity index (χ0n) is 13.4. The number of para-hydroxylation sites is 1. The molecule has 1 heterocycles.